The Morgan fingerprint density at radius 2 is 0.914 bits per heavy atom. The van der Waals surface area contributed by atoms with Gasteiger partial charge in [-0.3, -0.25) is 0 Å². The fraction of sp³-hybridized carbons (Fsp3) is 0.273. The van der Waals surface area contributed by atoms with Crippen LogP contribution in [0.1, 0.15) is 72.9 Å². The van der Waals surface area contributed by atoms with Gasteiger partial charge in [-0.2, -0.15) is 0 Å². The SMILES string of the molecule is CCCCc1cc(C(c2ccccc2)(c2ccccc2)c2ccc(O)c(CCCC)c2)ccc1O. The Morgan fingerprint density at radius 1 is 0.514 bits per heavy atom. The van der Waals surface area contributed by atoms with Crippen LogP contribution >= 0.6 is 0 Å². The molecule has 0 fully saturated rings. The zero-order chi connectivity index (χ0) is 24.7. The Hall–Kier alpha value is -3.52. The first kappa shape index (κ1) is 24.6. The van der Waals surface area contributed by atoms with E-state index in [4.69, 9.17) is 0 Å². The third-order valence-corrected chi connectivity index (χ3v) is 7.04. The zero-order valence-corrected chi connectivity index (χ0v) is 20.9. The third kappa shape index (κ3) is 4.98. The largest absolute Gasteiger partial charge is 0.508 e. The Balaban J connectivity index is 2.06. The average molecular weight is 465 g/mol. The molecule has 2 N–H and O–H groups in total. The summed E-state index contributed by atoms with van der Waals surface area (Å²) in [6, 6.07) is 33.4. The highest BCUT2D eigenvalue weighted by atomic mass is 16.3. The maximum atomic E-state index is 10.7. The molecule has 0 unspecified atom stereocenters. The number of unbranched alkanes of at least 4 members (excludes halogenated alkanes) is 2. The van der Waals surface area contributed by atoms with Gasteiger partial charge in [0.25, 0.3) is 0 Å². The van der Waals surface area contributed by atoms with Crippen LogP contribution < -0.4 is 0 Å². The summed E-state index contributed by atoms with van der Waals surface area (Å²) >= 11 is 0. The quantitative estimate of drug-likeness (QED) is 0.232. The summed E-state index contributed by atoms with van der Waals surface area (Å²) in [5.74, 6) is 0.707. The van der Waals surface area contributed by atoms with Crippen LogP contribution in [0, 0.1) is 0 Å². The molecule has 2 heteroatoms. The number of benzene rings is 4. The average Bonchev–Trinajstić information content (AvgIpc) is 2.90. The van der Waals surface area contributed by atoms with Crippen molar-refractivity contribution < 1.29 is 10.2 Å². The molecule has 4 rings (SSSR count). The summed E-state index contributed by atoms with van der Waals surface area (Å²) in [5.41, 5.74) is 5.91. The molecule has 0 aliphatic rings. The molecule has 2 nitrogen and oxygen atoms in total. The maximum absolute atomic E-state index is 10.7. The van der Waals surface area contributed by atoms with E-state index in [1.165, 1.54) is 0 Å². The molecule has 180 valence electrons. The Kier molecular flexibility index (Phi) is 7.92. The molecule has 0 saturated carbocycles. The number of rotatable bonds is 10. The predicted molar refractivity (Wildman–Crippen MR) is 145 cm³/mol. The van der Waals surface area contributed by atoms with Crippen LogP contribution in [0.25, 0.3) is 0 Å². The maximum Gasteiger partial charge on any atom is 0.118 e. The third-order valence-electron chi connectivity index (χ3n) is 7.04. The van der Waals surface area contributed by atoms with Crippen molar-refractivity contribution in [3.63, 3.8) is 0 Å². The minimum Gasteiger partial charge on any atom is -0.508 e. The van der Waals surface area contributed by atoms with Crippen LogP contribution in [-0.4, -0.2) is 10.2 Å². The zero-order valence-electron chi connectivity index (χ0n) is 20.9. The number of phenols is 2. The summed E-state index contributed by atoms with van der Waals surface area (Å²) in [5, 5.41) is 21.4. The lowest BCUT2D eigenvalue weighted by molar-refractivity contribution is 0.466. The molecule has 0 bridgehead atoms. The molecule has 0 amide bonds. The fourth-order valence-electron chi connectivity index (χ4n) is 5.15. The van der Waals surface area contributed by atoms with E-state index >= 15 is 0 Å². The second-order valence-corrected chi connectivity index (χ2v) is 9.38. The number of aryl methyl sites for hydroxylation is 2. The van der Waals surface area contributed by atoms with Crippen molar-refractivity contribution in [1.29, 1.82) is 0 Å². The van der Waals surface area contributed by atoms with Gasteiger partial charge in [-0.15, -0.1) is 0 Å². The fourth-order valence-corrected chi connectivity index (χ4v) is 5.15. The van der Waals surface area contributed by atoms with Crippen LogP contribution in [0.3, 0.4) is 0 Å². The summed E-state index contributed by atoms with van der Waals surface area (Å²) < 4.78 is 0. The van der Waals surface area contributed by atoms with E-state index in [-0.39, 0.29) is 0 Å². The first-order valence-electron chi connectivity index (χ1n) is 12.9. The van der Waals surface area contributed by atoms with E-state index in [0.29, 0.717) is 11.5 Å². The van der Waals surface area contributed by atoms with E-state index in [9.17, 15) is 10.2 Å². The van der Waals surface area contributed by atoms with E-state index < -0.39 is 5.41 Å². The molecule has 0 spiro atoms. The normalized spacial score (nSPS) is 11.5. The van der Waals surface area contributed by atoms with Crippen molar-refractivity contribution in [2.24, 2.45) is 0 Å². The molecule has 35 heavy (non-hydrogen) atoms. The highest BCUT2D eigenvalue weighted by Crippen LogP contribution is 2.47. The molecular weight excluding hydrogens is 428 g/mol. The lowest BCUT2D eigenvalue weighted by Gasteiger charge is -2.37. The smallest absolute Gasteiger partial charge is 0.118 e. The van der Waals surface area contributed by atoms with Crippen LogP contribution in [-0.2, 0) is 18.3 Å². The predicted octanol–water partition coefficient (Wildman–Crippen LogP) is 8.17. The number of hydrogen-bond donors (Lipinski definition) is 2. The van der Waals surface area contributed by atoms with E-state index in [1.807, 2.05) is 24.3 Å². The van der Waals surface area contributed by atoms with Gasteiger partial charge in [0.1, 0.15) is 11.5 Å². The van der Waals surface area contributed by atoms with Crippen molar-refractivity contribution in [2.75, 3.05) is 0 Å². The molecule has 0 radical (unpaired) electrons. The van der Waals surface area contributed by atoms with Crippen molar-refractivity contribution in [3.05, 3.63) is 130 Å². The van der Waals surface area contributed by atoms with Crippen molar-refractivity contribution in [3.8, 4) is 11.5 Å². The molecule has 4 aromatic rings. The van der Waals surface area contributed by atoms with Gasteiger partial charge in [0, 0.05) is 0 Å². The highest BCUT2D eigenvalue weighted by Gasteiger charge is 2.39. The molecule has 0 atom stereocenters. The summed E-state index contributed by atoms with van der Waals surface area (Å²) in [6.45, 7) is 4.35. The molecular formula is C33H36O2. The molecule has 0 saturated heterocycles. The van der Waals surface area contributed by atoms with Crippen molar-refractivity contribution in [1.82, 2.24) is 0 Å². The molecule has 0 aromatic heterocycles. The number of hydrogen-bond acceptors (Lipinski definition) is 2. The van der Waals surface area contributed by atoms with Gasteiger partial charge < -0.3 is 10.2 Å². The number of phenolic OH excluding ortho intramolecular Hbond substituents is 2. The van der Waals surface area contributed by atoms with Gasteiger partial charge in [0.15, 0.2) is 0 Å². The van der Waals surface area contributed by atoms with Crippen LogP contribution in [0.5, 0.6) is 11.5 Å². The van der Waals surface area contributed by atoms with Crippen LogP contribution in [0.2, 0.25) is 0 Å². The van der Waals surface area contributed by atoms with Crippen molar-refractivity contribution in [2.45, 2.75) is 57.8 Å². The van der Waals surface area contributed by atoms with Gasteiger partial charge in [-0.1, -0.05) is 112 Å². The monoisotopic (exact) mass is 464 g/mol. The lowest BCUT2D eigenvalue weighted by Crippen LogP contribution is -2.31. The van der Waals surface area contributed by atoms with Gasteiger partial charge in [-0.05, 0) is 71.2 Å². The lowest BCUT2D eigenvalue weighted by atomic mass is 9.64. The van der Waals surface area contributed by atoms with E-state index in [2.05, 4.69) is 86.6 Å². The Morgan fingerprint density at radius 3 is 1.29 bits per heavy atom. The van der Waals surface area contributed by atoms with Gasteiger partial charge in [0.05, 0.1) is 5.41 Å². The summed E-state index contributed by atoms with van der Waals surface area (Å²) in [4.78, 5) is 0. The standard InChI is InChI=1S/C33H36O2/c1-3-5-13-25-23-29(19-21-31(25)34)33(27-15-9-7-10-16-27,28-17-11-8-12-18-28)30-20-22-32(35)26(24-30)14-6-4-2/h7-12,15-24,34-35H,3-6,13-14H2,1-2H3. The minimum atomic E-state index is -0.591. The van der Waals surface area contributed by atoms with Gasteiger partial charge in [-0.25, -0.2) is 0 Å². The van der Waals surface area contributed by atoms with Gasteiger partial charge in [0.2, 0.25) is 0 Å². The molecule has 0 aliphatic heterocycles. The first-order chi connectivity index (χ1) is 17.1. The molecule has 0 heterocycles. The second-order valence-electron chi connectivity index (χ2n) is 9.38. The Labute approximate surface area is 209 Å². The van der Waals surface area contributed by atoms with Crippen molar-refractivity contribution >= 4 is 0 Å². The highest BCUT2D eigenvalue weighted by molar-refractivity contribution is 5.62. The van der Waals surface area contributed by atoms with E-state index in [0.717, 1.165) is 71.9 Å². The van der Waals surface area contributed by atoms with Crippen LogP contribution in [0.15, 0.2) is 97.1 Å². The minimum absolute atomic E-state index is 0.353. The second kappa shape index (κ2) is 11.3. The molecule has 0 aliphatic carbocycles. The summed E-state index contributed by atoms with van der Waals surface area (Å²) in [7, 11) is 0. The first-order valence-corrected chi connectivity index (χ1v) is 12.9. The van der Waals surface area contributed by atoms with Gasteiger partial charge >= 0.3 is 0 Å². The summed E-state index contributed by atoms with van der Waals surface area (Å²) in [6.07, 6.45) is 5.89. The van der Waals surface area contributed by atoms with E-state index in [1.54, 1.807) is 0 Å². The topological polar surface area (TPSA) is 40.5 Å². The Bertz CT molecular complexity index is 1130. The molecule has 4 aromatic carbocycles. The number of aromatic hydroxyl groups is 2. The van der Waals surface area contributed by atoms with Crippen LogP contribution in [0.4, 0.5) is 0 Å².